The molecule has 2 heterocycles. The number of aliphatic imine (C=N–C) groups is 1. The molecule has 3 aromatic rings. The minimum atomic E-state index is 0.248. The molecule has 4 rings (SSSR count). The zero-order valence-corrected chi connectivity index (χ0v) is 14.9. The van der Waals surface area contributed by atoms with Crippen LogP contribution in [0.25, 0.3) is 10.9 Å². The summed E-state index contributed by atoms with van der Waals surface area (Å²) >= 11 is 0. The lowest BCUT2D eigenvalue weighted by Crippen LogP contribution is -2.23. The van der Waals surface area contributed by atoms with Crippen molar-refractivity contribution in [1.82, 2.24) is 9.97 Å². The summed E-state index contributed by atoms with van der Waals surface area (Å²) in [6, 6.07) is 11.7. The maximum absolute atomic E-state index is 5.85. The molecule has 8 nitrogen and oxygen atoms in total. The van der Waals surface area contributed by atoms with E-state index in [9.17, 15) is 0 Å². The Morgan fingerprint density at radius 1 is 1.11 bits per heavy atom. The van der Waals surface area contributed by atoms with Crippen molar-refractivity contribution in [3.63, 3.8) is 0 Å². The number of guanidine groups is 1. The van der Waals surface area contributed by atoms with E-state index in [4.69, 9.17) is 20.9 Å². The van der Waals surface area contributed by atoms with Crippen LogP contribution in [0, 0.1) is 0 Å². The van der Waals surface area contributed by atoms with E-state index in [0.717, 1.165) is 33.5 Å². The van der Waals surface area contributed by atoms with Gasteiger partial charge in [0.15, 0.2) is 17.5 Å². The van der Waals surface area contributed by atoms with Gasteiger partial charge in [-0.3, -0.25) is 4.99 Å². The number of hydrogen-bond donors (Lipinski definition) is 3. The molecule has 2 aromatic carbocycles. The molecule has 5 N–H and O–H groups in total. The summed E-state index contributed by atoms with van der Waals surface area (Å²) in [5.41, 5.74) is 14.4. The smallest absolute Gasteiger partial charge is 0.231 e. The Bertz CT molecular complexity index is 1030. The van der Waals surface area contributed by atoms with Gasteiger partial charge in [-0.25, -0.2) is 9.97 Å². The highest BCUT2D eigenvalue weighted by Gasteiger charge is 2.15. The van der Waals surface area contributed by atoms with Gasteiger partial charge in [0, 0.05) is 25.4 Å². The zero-order chi connectivity index (χ0) is 18.8. The SMILES string of the molecule is CN=C(N)Nc1nc(Cc2ccc3c(c2)OCO3)nc2ccc(CN)cc12. The molecule has 27 heavy (non-hydrogen) atoms. The number of nitrogens with zero attached hydrogens (tertiary/aromatic N) is 3. The van der Waals surface area contributed by atoms with Gasteiger partial charge in [0.05, 0.1) is 5.52 Å². The quantitative estimate of drug-likeness (QED) is 0.476. The molecule has 8 heteroatoms. The van der Waals surface area contributed by atoms with Crippen molar-refractivity contribution in [2.45, 2.75) is 13.0 Å². The van der Waals surface area contributed by atoms with Crippen molar-refractivity contribution in [3.05, 3.63) is 53.3 Å². The van der Waals surface area contributed by atoms with Crippen LogP contribution in [0.3, 0.4) is 0 Å². The second kappa shape index (κ2) is 7.08. The summed E-state index contributed by atoms with van der Waals surface area (Å²) in [6.07, 6.45) is 0.545. The van der Waals surface area contributed by atoms with Crippen molar-refractivity contribution in [2.24, 2.45) is 16.5 Å². The van der Waals surface area contributed by atoms with Crippen molar-refractivity contribution in [3.8, 4) is 11.5 Å². The molecule has 0 spiro atoms. The number of rotatable bonds is 4. The number of nitrogens with two attached hydrogens (primary N) is 2. The van der Waals surface area contributed by atoms with Crippen molar-refractivity contribution in [2.75, 3.05) is 19.2 Å². The van der Waals surface area contributed by atoms with Crippen LogP contribution in [0.1, 0.15) is 17.0 Å². The maximum atomic E-state index is 5.85. The fourth-order valence-corrected chi connectivity index (χ4v) is 2.94. The first kappa shape index (κ1) is 17.0. The molecule has 0 unspecified atom stereocenters. The fraction of sp³-hybridized carbons (Fsp3) is 0.211. The highest BCUT2D eigenvalue weighted by molar-refractivity contribution is 6.00. The molecule has 0 aliphatic carbocycles. The number of hydrogen-bond acceptors (Lipinski definition) is 6. The van der Waals surface area contributed by atoms with E-state index in [0.29, 0.717) is 24.6 Å². The van der Waals surface area contributed by atoms with Gasteiger partial charge in [0.2, 0.25) is 6.79 Å². The van der Waals surface area contributed by atoms with E-state index in [1.807, 2.05) is 36.4 Å². The molecule has 138 valence electrons. The number of benzene rings is 2. The summed E-state index contributed by atoms with van der Waals surface area (Å²) < 4.78 is 10.8. The van der Waals surface area contributed by atoms with Crippen LogP contribution < -0.4 is 26.3 Å². The van der Waals surface area contributed by atoms with Crippen LogP contribution >= 0.6 is 0 Å². The molecule has 1 aliphatic rings. The third-order valence-electron chi connectivity index (χ3n) is 4.33. The topological polar surface area (TPSA) is 121 Å². The Labute approximate surface area is 156 Å². The van der Waals surface area contributed by atoms with Gasteiger partial charge in [-0.1, -0.05) is 12.1 Å². The van der Waals surface area contributed by atoms with E-state index in [2.05, 4.69) is 20.3 Å². The Morgan fingerprint density at radius 3 is 2.74 bits per heavy atom. The van der Waals surface area contributed by atoms with Gasteiger partial charge in [-0.2, -0.15) is 0 Å². The van der Waals surface area contributed by atoms with E-state index in [1.54, 1.807) is 7.05 Å². The Kier molecular flexibility index (Phi) is 4.47. The first-order valence-electron chi connectivity index (χ1n) is 8.53. The lowest BCUT2D eigenvalue weighted by molar-refractivity contribution is 0.174. The molecule has 1 aromatic heterocycles. The van der Waals surface area contributed by atoms with Gasteiger partial charge in [0.25, 0.3) is 0 Å². The Hall–Kier alpha value is -3.39. The number of nitrogens with one attached hydrogen (secondary N) is 1. The molecule has 0 bridgehead atoms. The monoisotopic (exact) mass is 364 g/mol. The molecule has 1 aliphatic heterocycles. The van der Waals surface area contributed by atoms with Crippen LogP contribution in [0.2, 0.25) is 0 Å². The number of fused-ring (bicyclic) bond motifs is 2. The molecular formula is C19H20N6O2. The van der Waals surface area contributed by atoms with Crippen molar-refractivity contribution < 1.29 is 9.47 Å². The lowest BCUT2D eigenvalue weighted by Gasteiger charge is -2.11. The van der Waals surface area contributed by atoms with Gasteiger partial charge in [-0.05, 0) is 35.4 Å². The maximum Gasteiger partial charge on any atom is 0.231 e. The van der Waals surface area contributed by atoms with Crippen LogP contribution in [0.4, 0.5) is 5.82 Å². The highest BCUT2D eigenvalue weighted by Crippen LogP contribution is 2.33. The minimum absolute atomic E-state index is 0.248. The largest absolute Gasteiger partial charge is 0.454 e. The molecule has 0 amide bonds. The van der Waals surface area contributed by atoms with Gasteiger partial charge in [0.1, 0.15) is 11.6 Å². The molecule has 0 saturated carbocycles. The molecular weight excluding hydrogens is 344 g/mol. The summed E-state index contributed by atoms with van der Waals surface area (Å²) in [4.78, 5) is 13.3. The van der Waals surface area contributed by atoms with Crippen molar-refractivity contribution >= 4 is 22.7 Å². The summed E-state index contributed by atoms with van der Waals surface area (Å²) in [7, 11) is 1.62. The number of aromatic nitrogens is 2. The average molecular weight is 364 g/mol. The first-order chi connectivity index (χ1) is 13.2. The van der Waals surface area contributed by atoms with Gasteiger partial charge >= 0.3 is 0 Å². The molecule has 0 saturated heterocycles. The second-order valence-corrected chi connectivity index (χ2v) is 6.14. The Balaban J connectivity index is 1.74. The summed E-state index contributed by atoms with van der Waals surface area (Å²) in [5.74, 6) is 3.04. The predicted octanol–water partition coefficient (Wildman–Crippen LogP) is 1.76. The molecule has 0 atom stereocenters. The van der Waals surface area contributed by atoms with Crippen LogP contribution in [-0.4, -0.2) is 29.8 Å². The van der Waals surface area contributed by atoms with Crippen molar-refractivity contribution in [1.29, 1.82) is 0 Å². The van der Waals surface area contributed by atoms with Crippen LogP contribution in [0.15, 0.2) is 41.4 Å². The highest BCUT2D eigenvalue weighted by atomic mass is 16.7. The average Bonchev–Trinajstić information content (AvgIpc) is 3.15. The fourth-order valence-electron chi connectivity index (χ4n) is 2.94. The predicted molar refractivity (Wildman–Crippen MR) is 104 cm³/mol. The second-order valence-electron chi connectivity index (χ2n) is 6.14. The summed E-state index contributed by atoms with van der Waals surface area (Å²) in [5, 5.41) is 3.89. The molecule has 0 fully saturated rings. The van der Waals surface area contributed by atoms with Gasteiger partial charge < -0.3 is 26.3 Å². The van der Waals surface area contributed by atoms with E-state index < -0.39 is 0 Å². The first-order valence-corrected chi connectivity index (χ1v) is 8.53. The number of anilines is 1. The number of ether oxygens (including phenoxy) is 2. The minimum Gasteiger partial charge on any atom is -0.454 e. The van der Waals surface area contributed by atoms with E-state index in [-0.39, 0.29) is 12.8 Å². The van der Waals surface area contributed by atoms with Crippen LogP contribution in [0.5, 0.6) is 11.5 Å². The third-order valence-corrected chi connectivity index (χ3v) is 4.33. The Morgan fingerprint density at radius 2 is 1.93 bits per heavy atom. The zero-order valence-electron chi connectivity index (χ0n) is 14.9. The molecule has 0 radical (unpaired) electrons. The van der Waals surface area contributed by atoms with E-state index in [1.165, 1.54) is 0 Å². The standard InChI is InChI=1S/C19H20N6O2/c1-22-19(21)25-18-13-6-12(9-20)2-4-14(13)23-17(24-18)8-11-3-5-15-16(7-11)27-10-26-15/h2-7H,8-10,20H2,1H3,(H3,21,22,23,24,25). The summed E-state index contributed by atoms with van der Waals surface area (Å²) in [6.45, 7) is 0.685. The van der Waals surface area contributed by atoms with E-state index >= 15 is 0 Å². The normalized spacial score (nSPS) is 13.2. The van der Waals surface area contributed by atoms with Crippen LogP contribution in [-0.2, 0) is 13.0 Å². The lowest BCUT2D eigenvalue weighted by atomic mass is 10.1. The van der Waals surface area contributed by atoms with Gasteiger partial charge in [-0.15, -0.1) is 0 Å². The third kappa shape index (κ3) is 3.47.